The molecule has 0 radical (unpaired) electrons. The lowest BCUT2D eigenvalue weighted by molar-refractivity contribution is -0.136. The van der Waals surface area contributed by atoms with E-state index in [0.29, 0.717) is 35.1 Å². The summed E-state index contributed by atoms with van der Waals surface area (Å²) in [5.74, 6) is -1.18. The molecule has 8 heteroatoms. The average molecular weight is 466 g/mol. The molecule has 0 fully saturated rings. The number of aliphatic imine (C=N–C) groups is 1. The van der Waals surface area contributed by atoms with Gasteiger partial charge in [0.05, 0.1) is 30.8 Å². The number of esters is 1. The normalized spacial score (nSPS) is 17.3. The third-order valence-electron chi connectivity index (χ3n) is 5.50. The van der Waals surface area contributed by atoms with E-state index in [1.165, 1.54) is 24.9 Å². The van der Waals surface area contributed by atoms with Crippen molar-refractivity contribution in [3.05, 3.63) is 93.9 Å². The zero-order valence-corrected chi connectivity index (χ0v) is 19.2. The van der Waals surface area contributed by atoms with Crippen molar-refractivity contribution in [1.82, 2.24) is 10.2 Å². The Kier molecular flexibility index (Phi) is 6.93. The molecule has 0 spiro atoms. The smallest absolute Gasteiger partial charge is 0.338 e. The van der Waals surface area contributed by atoms with E-state index in [9.17, 15) is 14.0 Å². The van der Waals surface area contributed by atoms with E-state index in [1.807, 2.05) is 42.7 Å². The molecule has 0 saturated heterocycles. The van der Waals surface area contributed by atoms with Gasteiger partial charge < -0.3 is 15.0 Å². The molecule has 1 unspecified atom stereocenters. The number of benzene rings is 2. The van der Waals surface area contributed by atoms with Crippen molar-refractivity contribution in [3.63, 3.8) is 0 Å². The van der Waals surface area contributed by atoms with E-state index in [-0.39, 0.29) is 17.9 Å². The van der Waals surface area contributed by atoms with Crippen LogP contribution < -0.4 is 5.32 Å². The summed E-state index contributed by atoms with van der Waals surface area (Å²) < 4.78 is 20.0. The number of allylic oxidation sites excluding steroid dienone is 1. The standard InChI is InChI=1S/C25H24FN3O3S/c1-3-20-22(24(31)32-2)23(18-11-7-8-12-19(18)26)29-17(15-33-25(29)28-20)13-21(30)27-14-16-9-5-4-6-10-16/h4-12,15,23H,3,13-14H2,1-2H3,(H,27,30). The number of amidine groups is 1. The van der Waals surface area contributed by atoms with Crippen LogP contribution in [0.25, 0.3) is 0 Å². The highest BCUT2D eigenvalue weighted by Crippen LogP contribution is 2.45. The molecule has 6 nitrogen and oxygen atoms in total. The van der Waals surface area contributed by atoms with Crippen LogP contribution in [0.5, 0.6) is 0 Å². The van der Waals surface area contributed by atoms with E-state index in [4.69, 9.17) is 4.74 Å². The molecule has 2 aromatic rings. The van der Waals surface area contributed by atoms with Gasteiger partial charge in [-0.15, -0.1) is 0 Å². The topological polar surface area (TPSA) is 71.0 Å². The second kappa shape index (κ2) is 10.0. The first-order chi connectivity index (χ1) is 16.0. The summed E-state index contributed by atoms with van der Waals surface area (Å²) in [6, 6.07) is 15.2. The first kappa shape index (κ1) is 22.8. The molecule has 2 aliphatic heterocycles. The highest BCUT2D eigenvalue weighted by Gasteiger charge is 2.42. The van der Waals surface area contributed by atoms with Gasteiger partial charge in [0, 0.05) is 17.8 Å². The third-order valence-corrected chi connectivity index (χ3v) is 6.39. The van der Waals surface area contributed by atoms with Crippen LogP contribution in [0.15, 0.2) is 82.0 Å². The first-order valence-electron chi connectivity index (χ1n) is 10.6. The van der Waals surface area contributed by atoms with Gasteiger partial charge in [0.2, 0.25) is 5.91 Å². The quantitative estimate of drug-likeness (QED) is 0.602. The number of thioether (sulfide) groups is 1. The fraction of sp³-hybridized carbons (Fsp3) is 0.240. The molecule has 2 aliphatic rings. The lowest BCUT2D eigenvalue weighted by Gasteiger charge is -2.36. The Labute approximate surface area is 196 Å². The minimum atomic E-state index is -0.774. The number of rotatable bonds is 7. The summed E-state index contributed by atoms with van der Waals surface area (Å²) in [5.41, 5.74) is 2.81. The zero-order valence-electron chi connectivity index (χ0n) is 18.4. The molecule has 0 bridgehead atoms. The van der Waals surface area contributed by atoms with Crippen molar-refractivity contribution < 1.29 is 18.7 Å². The maximum Gasteiger partial charge on any atom is 0.338 e. The van der Waals surface area contributed by atoms with E-state index in [1.54, 1.807) is 23.1 Å². The Morgan fingerprint density at radius 1 is 1.15 bits per heavy atom. The maximum absolute atomic E-state index is 15.0. The van der Waals surface area contributed by atoms with Gasteiger partial charge in [-0.1, -0.05) is 67.2 Å². The number of carbonyl (C=O) groups is 2. The van der Waals surface area contributed by atoms with Gasteiger partial charge in [0.15, 0.2) is 5.17 Å². The minimum Gasteiger partial charge on any atom is -0.466 e. The summed E-state index contributed by atoms with van der Waals surface area (Å²) in [6.45, 7) is 2.30. The molecular formula is C25H24FN3O3S. The molecule has 0 aliphatic carbocycles. The van der Waals surface area contributed by atoms with Crippen LogP contribution in [0.2, 0.25) is 0 Å². The molecule has 0 aromatic heterocycles. The highest BCUT2D eigenvalue weighted by atomic mass is 32.2. The maximum atomic E-state index is 15.0. The highest BCUT2D eigenvalue weighted by molar-refractivity contribution is 8.16. The summed E-state index contributed by atoms with van der Waals surface area (Å²) in [7, 11) is 1.30. The Bertz CT molecular complexity index is 1160. The van der Waals surface area contributed by atoms with Gasteiger partial charge in [-0.25, -0.2) is 14.2 Å². The van der Waals surface area contributed by atoms with Crippen LogP contribution in [0.3, 0.4) is 0 Å². The monoisotopic (exact) mass is 465 g/mol. The summed E-state index contributed by atoms with van der Waals surface area (Å²) >= 11 is 1.36. The Morgan fingerprint density at radius 2 is 1.88 bits per heavy atom. The lowest BCUT2D eigenvalue weighted by Crippen LogP contribution is -2.38. The molecule has 1 N–H and O–H groups in total. The number of ether oxygens (including phenoxy) is 1. The Hall–Kier alpha value is -3.39. The zero-order chi connectivity index (χ0) is 23.4. The molecule has 170 valence electrons. The SMILES string of the molecule is CCC1=C(C(=O)OC)C(c2ccccc2F)N2C(CC(=O)NCc3ccccc3)=CSC2=N1. The van der Waals surface area contributed by atoms with Crippen molar-refractivity contribution in [1.29, 1.82) is 0 Å². The number of carbonyl (C=O) groups excluding carboxylic acids is 2. The summed E-state index contributed by atoms with van der Waals surface area (Å²) in [5, 5.41) is 5.36. The van der Waals surface area contributed by atoms with Crippen LogP contribution in [-0.2, 0) is 20.9 Å². The molecule has 0 saturated carbocycles. The third kappa shape index (κ3) is 4.71. The number of halogens is 1. The lowest BCUT2D eigenvalue weighted by atomic mass is 9.92. The van der Waals surface area contributed by atoms with Crippen LogP contribution in [-0.4, -0.2) is 29.1 Å². The van der Waals surface area contributed by atoms with Crippen LogP contribution in [0.1, 0.15) is 36.9 Å². The van der Waals surface area contributed by atoms with Gasteiger partial charge in [-0.2, -0.15) is 0 Å². The number of hydrogen-bond acceptors (Lipinski definition) is 6. The van der Waals surface area contributed by atoms with Crippen LogP contribution in [0, 0.1) is 5.82 Å². The van der Waals surface area contributed by atoms with Crippen LogP contribution in [0.4, 0.5) is 4.39 Å². The number of fused-ring (bicyclic) bond motifs is 1. The fourth-order valence-electron chi connectivity index (χ4n) is 3.93. The molecule has 2 heterocycles. The fourth-order valence-corrected chi connectivity index (χ4v) is 4.86. The van der Waals surface area contributed by atoms with Crippen molar-refractivity contribution in [2.45, 2.75) is 32.4 Å². The Balaban J connectivity index is 1.65. The molecule has 1 atom stereocenters. The van der Waals surface area contributed by atoms with Gasteiger partial charge in [-0.05, 0) is 23.5 Å². The summed E-state index contributed by atoms with van der Waals surface area (Å²) in [4.78, 5) is 32.0. The van der Waals surface area contributed by atoms with Gasteiger partial charge in [0.1, 0.15) is 5.82 Å². The van der Waals surface area contributed by atoms with Gasteiger partial charge in [0.25, 0.3) is 0 Å². The predicted octanol–water partition coefficient (Wildman–Crippen LogP) is 4.67. The van der Waals surface area contributed by atoms with Crippen LogP contribution >= 0.6 is 11.8 Å². The number of methoxy groups -OCH3 is 1. The molecule has 1 amide bonds. The number of nitrogens with zero attached hydrogens (tertiary/aromatic N) is 2. The second-order valence-corrected chi connectivity index (χ2v) is 8.40. The number of hydrogen-bond donors (Lipinski definition) is 1. The molecular weight excluding hydrogens is 441 g/mol. The van der Waals surface area contributed by atoms with Crippen molar-refractivity contribution >= 4 is 28.8 Å². The molecule has 4 rings (SSSR count). The van der Waals surface area contributed by atoms with Gasteiger partial charge in [-0.3, -0.25) is 4.79 Å². The molecule has 33 heavy (non-hydrogen) atoms. The van der Waals surface area contributed by atoms with Gasteiger partial charge >= 0.3 is 5.97 Å². The van der Waals surface area contributed by atoms with Crippen molar-refractivity contribution in [2.75, 3.05) is 7.11 Å². The predicted molar refractivity (Wildman–Crippen MR) is 126 cm³/mol. The van der Waals surface area contributed by atoms with E-state index in [2.05, 4.69) is 10.3 Å². The van der Waals surface area contributed by atoms with Crippen molar-refractivity contribution in [3.8, 4) is 0 Å². The number of nitrogens with one attached hydrogen (secondary N) is 1. The Morgan fingerprint density at radius 3 is 2.58 bits per heavy atom. The molecule has 2 aromatic carbocycles. The van der Waals surface area contributed by atoms with E-state index < -0.39 is 17.8 Å². The van der Waals surface area contributed by atoms with Crippen molar-refractivity contribution in [2.24, 2.45) is 4.99 Å². The van der Waals surface area contributed by atoms with E-state index >= 15 is 0 Å². The second-order valence-electron chi connectivity index (χ2n) is 7.56. The summed E-state index contributed by atoms with van der Waals surface area (Å²) in [6.07, 6.45) is 0.555. The minimum absolute atomic E-state index is 0.0692. The largest absolute Gasteiger partial charge is 0.466 e. The van der Waals surface area contributed by atoms with E-state index in [0.717, 1.165) is 5.56 Å². The number of amides is 1. The first-order valence-corrected chi connectivity index (χ1v) is 11.5. The average Bonchev–Trinajstić information content (AvgIpc) is 3.24.